The summed E-state index contributed by atoms with van der Waals surface area (Å²) in [6.07, 6.45) is 9.89. The van der Waals surface area contributed by atoms with E-state index in [4.69, 9.17) is 18.5 Å². The Kier molecular flexibility index (Phi) is 7.49. The van der Waals surface area contributed by atoms with Crippen LogP contribution in [-0.2, 0) is 19.3 Å². The van der Waals surface area contributed by atoms with E-state index < -0.39 is 11.9 Å². The second-order valence-corrected chi connectivity index (χ2v) is 10.4. The number of nitrogens with zero attached hydrogens (tertiary/aromatic N) is 2. The Hall–Kier alpha value is -4.54. The summed E-state index contributed by atoms with van der Waals surface area (Å²) in [6, 6.07) is 8.58. The minimum absolute atomic E-state index is 0.290. The van der Waals surface area contributed by atoms with Crippen LogP contribution in [0.15, 0.2) is 82.1 Å². The molecule has 10 heteroatoms. The van der Waals surface area contributed by atoms with Crippen LogP contribution in [0, 0.1) is 11.6 Å². The number of rotatable bonds is 6. The number of hydrogen-bond donors (Lipinski definition) is 0. The molecule has 0 saturated carbocycles. The summed E-state index contributed by atoms with van der Waals surface area (Å²) in [5, 5.41) is 4.37. The van der Waals surface area contributed by atoms with Gasteiger partial charge in [0.05, 0.1) is 24.6 Å². The number of hydroxylamine groups is 4. The van der Waals surface area contributed by atoms with Gasteiger partial charge in [-0.2, -0.15) is 0 Å². The summed E-state index contributed by atoms with van der Waals surface area (Å²) < 4.78 is 39.4. The van der Waals surface area contributed by atoms with Crippen molar-refractivity contribution in [1.82, 2.24) is 10.1 Å². The first-order valence-corrected chi connectivity index (χ1v) is 13.7. The van der Waals surface area contributed by atoms with Gasteiger partial charge in [0, 0.05) is 47.1 Å². The molecule has 216 valence electrons. The predicted molar refractivity (Wildman–Crippen MR) is 151 cm³/mol. The van der Waals surface area contributed by atoms with Crippen molar-refractivity contribution in [1.29, 1.82) is 0 Å². The normalized spacial score (nSPS) is 20.2. The first-order chi connectivity index (χ1) is 20.2. The van der Waals surface area contributed by atoms with Crippen molar-refractivity contribution >= 4 is 45.0 Å². The Balaban J connectivity index is 1.04. The average Bonchev–Trinajstić information content (AvgIpc) is 3.63. The molecular formula is C32H28F2N2O6. The van der Waals surface area contributed by atoms with Crippen molar-refractivity contribution in [3.63, 3.8) is 0 Å². The second-order valence-electron chi connectivity index (χ2n) is 10.4. The van der Waals surface area contributed by atoms with Gasteiger partial charge in [-0.15, -0.1) is 10.1 Å². The zero-order valence-corrected chi connectivity index (χ0v) is 23.0. The number of carbonyl (C=O) groups excluding carboxylic acids is 2. The van der Waals surface area contributed by atoms with Crippen LogP contribution in [0.3, 0.4) is 0 Å². The van der Waals surface area contributed by atoms with Crippen LogP contribution in [0.2, 0.25) is 0 Å². The first-order valence-electron chi connectivity index (χ1n) is 13.7. The van der Waals surface area contributed by atoms with Crippen LogP contribution in [-0.4, -0.2) is 47.2 Å². The molecule has 2 aromatic carbocycles. The maximum absolute atomic E-state index is 14.1. The molecule has 0 fully saturated rings. The second kappa shape index (κ2) is 11.4. The highest BCUT2D eigenvalue weighted by Crippen LogP contribution is 2.34. The van der Waals surface area contributed by atoms with Gasteiger partial charge >= 0.3 is 11.9 Å². The first kappa shape index (κ1) is 27.6. The van der Waals surface area contributed by atoms with Crippen molar-refractivity contribution in [3.05, 3.63) is 96.0 Å². The Morgan fingerprint density at radius 2 is 1.19 bits per heavy atom. The molecule has 4 aromatic rings. The van der Waals surface area contributed by atoms with Gasteiger partial charge in [-0.1, -0.05) is 12.2 Å². The smallest absolute Gasteiger partial charge is 0.349 e. The lowest BCUT2D eigenvalue weighted by Crippen LogP contribution is -2.38. The molecule has 0 amide bonds. The monoisotopic (exact) mass is 574 g/mol. The number of halogens is 2. The molecule has 2 unspecified atom stereocenters. The maximum Gasteiger partial charge on any atom is 0.349 e. The standard InChI is InChI=1S/C32H28F2N2O6/c1-19-13-21(27-17-25(33)15-23-7-11-39-31(23)27)5-9-35(19)41-29(37)3-4-30(38)42-36-10-6-22(14-20(36)2)28-18-26(34)16-24-8-12-40-32(24)28/h3-4,7-8,11-20H,5-6,9-10H2,1-2H3/b4-3+. The highest BCUT2D eigenvalue weighted by atomic mass is 19.1. The summed E-state index contributed by atoms with van der Waals surface area (Å²) in [7, 11) is 0. The molecule has 0 radical (unpaired) electrons. The molecule has 42 heavy (non-hydrogen) atoms. The molecule has 0 N–H and O–H groups in total. The van der Waals surface area contributed by atoms with Crippen molar-refractivity contribution in [2.75, 3.05) is 13.1 Å². The summed E-state index contributed by atoms with van der Waals surface area (Å²) in [4.78, 5) is 35.8. The van der Waals surface area contributed by atoms with Gasteiger partial charge in [0.25, 0.3) is 0 Å². The molecule has 0 spiro atoms. The highest BCUT2D eigenvalue weighted by molar-refractivity contribution is 5.92. The quantitative estimate of drug-likeness (QED) is 0.239. The SMILES string of the molecule is CC1C=C(c2cc(F)cc3ccoc23)CCN1OC(=O)/C=C/C(=O)ON1CCC(c2cc(F)cc3ccoc23)=CC1C. The number of carbonyl (C=O) groups is 2. The van der Waals surface area contributed by atoms with E-state index in [1.54, 1.807) is 12.1 Å². The van der Waals surface area contributed by atoms with Gasteiger partial charge in [0.15, 0.2) is 0 Å². The molecule has 2 aliphatic rings. The van der Waals surface area contributed by atoms with Crippen LogP contribution >= 0.6 is 0 Å². The molecule has 2 aliphatic heterocycles. The Morgan fingerprint density at radius 3 is 1.60 bits per heavy atom. The van der Waals surface area contributed by atoms with Gasteiger partial charge in [-0.25, -0.2) is 18.4 Å². The van der Waals surface area contributed by atoms with Crippen LogP contribution in [0.25, 0.3) is 33.1 Å². The Morgan fingerprint density at radius 1 is 0.762 bits per heavy atom. The van der Waals surface area contributed by atoms with Gasteiger partial charge < -0.3 is 18.5 Å². The molecular weight excluding hydrogens is 546 g/mol. The van der Waals surface area contributed by atoms with Crippen LogP contribution < -0.4 is 0 Å². The summed E-state index contributed by atoms with van der Waals surface area (Å²) in [5.41, 5.74) is 4.36. The Bertz CT molecular complexity index is 1640. The lowest BCUT2D eigenvalue weighted by atomic mass is 9.96. The van der Waals surface area contributed by atoms with E-state index in [0.717, 1.165) is 23.3 Å². The molecule has 6 rings (SSSR count). The third-order valence-corrected chi connectivity index (χ3v) is 7.49. The largest absolute Gasteiger partial charge is 0.464 e. The van der Waals surface area contributed by atoms with Crippen molar-refractivity contribution < 1.29 is 36.9 Å². The number of benzene rings is 2. The molecule has 2 aromatic heterocycles. The number of fused-ring (bicyclic) bond motifs is 2. The van der Waals surface area contributed by atoms with E-state index in [-0.39, 0.29) is 23.7 Å². The van der Waals surface area contributed by atoms with E-state index in [9.17, 15) is 18.4 Å². The third kappa shape index (κ3) is 5.63. The van der Waals surface area contributed by atoms with Gasteiger partial charge in [0.2, 0.25) is 0 Å². The Labute approximate surface area is 240 Å². The average molecular weight is 575 g/mol. The molecule has 0 bridgehead atoms. The van der Waals surface area contributed by atoms with E-state index in [1.807, 2.05) is 26.0 Å². The zero-order chi connectivity index (χ0) is 29.4. The molecule has 0 saturated heterocycles. The van der Waals surface area contributed by atoms with E-state index in [2.05, 4.69) is 0 Å². The summed E-state index contributed by atoms with van der Waals surface area (Å²) >= 11 is 0. The third-order valence-electron chi connectivity index (χ3n) is 7.49. The van der Waals surface area contributed by atoms with E-state index in [1.165, 1.54) is 46.9 Å². The topological polar surface area (TPSA) is 85.4 Å². The van der Waals surface area contributed by atoms with Gasteiger partial charge in [0.1, 0.15) is 22.8 Å². The van der Waals surface area contributed by atoms with E-state index >= 15 is 0 Å². The fraction of sp³-hybridized carbons (Fsp3) is 0.250. The molecule has 2 atom stereocenters. The molecule has 8 nitrogen and oxygen atoms in total. The molecule has 0 aliphatic carbocycles. The fourth-order valence-electron chi connectivity index (χ4n) is 5.49. The van der Waals surface area contributed by atoms with Crippen LogP contribution in [0.4, 0.5) is 8.78 Å². The summed E-state index contributed by atoms with van der Waals surface area (Å²) in [6.45, 7) is 4.46. The minimum atomic E-state index is -0.725. The van der Waals surface area contributed by atoms with Crippen molar-refractivity contribution in [2.45, 2.75) is 38.8 Å². The number of hydrogen-bond acceptors (Lipinski definition) is 8. The predicted octanol–water partition coefficient (Wildman–Crippen LogP) is 6.59. The number of furan rings is 2. The maximum atomic E-state index is 14.1. The van der Waals surface area contributed by atoms with Crippen molar-refractivity contribution in [3.8, 4) is 0 Å². The van der Waals surface area contributed by atoms with Gasteiger partial charge in [-0.3, -0.25) is 0 Å². The lowest BCUT2D eigenvalue weighted by Gasteiger charge is -2.30. The van der Waals surface area contributed by atoms with Crippen molar-refractivity contribution in [2.24, 2.45) is 0 Å². The van der Waals surface area contributed by atoms with Crippen LogP contribution in [0.5, 0.6) is 0 Å². The highest BCUT2D eigenvalue weighted by Gasteiger charge is 2.26. The fourth-order valence-corrected chi connectivity index (χ4v) is 5.49. The minimum Gasteiger partial charge on any atom is -0.464 e. The summed E-state index contributed by atoms with van der Waals surface area (Å²) in [5.74, 6) is -2.15. The molecule has 4 heterocycles. The zero-order valence-electron chi connectivity index (χ0n) is 23.0. The lowest BCUT2D eigenvalue weighted by molar-refractivity contribution is -0.193. The van der Waals surface area contributed by atoms with Gasteiger partial charge in [-0.05, 0) is 74.2 Å². The van der Waals surface area contributed by atoms with E-state index in [0.29, 0.717) is 59.0 Å². The van der Waals surface area contributed by atoms with Crippen LogP contribution in [0.1, 0.15) is 37.8 Å².